The van der Waals surface area contributed by atoms with Crippen LogP contribution in [0.2, 0.25) is 5.02 Å². The maximum absolute atomic E-state index is 12.7. The smallest absolute Gasteiger partial charge is 0.342 e. The van der Waals surface area contributed by atoms with Crippen molar-refractivity contribution in [2.75, 3.05) is 39.4 Å². The highest BCUT2D eigenvalue weighted by molar-refractivity contribution is 6.33. The van der Waals surface area contributed by atoms with E-state index in [1.54, 1.807) is 11.0 Å². The number of oxime groups is 1. The minimum absolute atomic E-state index is 0.0284. The second-order valence-corrected chi connectivity index (χ2v) is 8.00. The number of cyclic esters (lactones) is 1. The van der Waals surface area contributed by atoms with Gasteiger partial charge in [-0.15, -0.1) is 0 Å². The number of halogens is 1. The number of carbonyl (C=O) groups excluding carboxylic acids is 2. The number of rotatable bonds is 3. The highest BCUT2D eigenvalue weighted by Crippen LogP contribution is 2.37. The predicted octanol–water partition coefficient (Wildman–Crippen LogP) is 2.55. The molecule has 1 saturated heterocycles. The second kappa shape index (κ2) is 12.3. The predicted molar refractivity (Wildman–Crippen MR) is 124 cm³/mol. The first kappa shape index (κ1) is 24.6. The molecule has 0 radical (unpaired) electrons. The highest BCUT2D eigenvalue weighted by Gasteiger charge is 2.24. The molecule has 1 fully saturated rings. The van der Waals surface area contributed by atoms with Crippen LogP contribution < -0.4 is 5.32 Å². The number of carbonyl (C=O) groups is 2. The second-order valence-electron chi connectivity index (χ2n) is 7.62. The topological polar surface area (TPSA) is 121 Å². The van der Waals surface area contributed by atoms with Gasteiger partial charge in [-0.1, -0.05) is 35.0 Å². The molecular formula is C23H28ClN3O6. The highest BCUT2D eigenvalue weighted by atomic mass is 35.5. The third-order valence-electron chi connectivity index (χ3n) is 5.22. The molecule has 0 bridgehead atoms. The Labute approximate surface area is 197 Å². The number of benzene rings is 1. The molecule has 0 unspecified atom stereocenters. The molecule has 1 aromatic carbocycles. The summed E-state index contributed by atoms with van der Waals surface area (Å²) in [7, 11) is 0. The number of hydrogen-bond acceptors (Lipinski definition) is 8. The van der Waals surface area contributed by atoms with Gasteiger partial charge in [0, 0.05) is 38.7 Å². The van der Waals surface area contributed by atoms with Crippen molar-refractivity contribution in [1.29, 1.82) is 0 Å². The van der Waals surface area contributed by atoms with Gasteiger partial charge in [0.25, 0.3) is 5.91 Å². The van der Waals surface area contributed by atoms with Gasteiger partial charge in [-0.05, 0) is 30.9 Å². The van der Waals surface area contributed by atoms with E-state index < -0.39 is 11.7 Å². The Bertz CT molecular complexity index is 954. The van der Waals surface area contributed by atoms with Crippen LogP contribution in [-0.4, -0.2) is 72.1 Å². The summed E-state index contributed by atoms with van der Waals surface area (Å²) in [4.78, 5) is 32.0. The van der Waals surface area contributed by atoms with E-state index in [2.05, 4.69) is 10.5 Å². The van der Waals surface area contributed by atoms with E-state index in [4.69, 9.17) is 21.2 Å². The molecule has 33 heavy (non-hydrogen) atoms. The van der Waals surface area contributed by atoms with Crippen LogP contribution in [-0.2, 0) is 20.8 Å². The molecular weight excluding hydrogens is 450 g/mol. The number of amides is 1. The van der Waals surface area contributed by atoms with Gasteiger partial charge in [0.15, 0.2) is 6.61 Å². The average molecular weight is 478 g/mol. The number of nitrogens with zero attached hydrogens (tertiary/aromatic N) is 2. The molecule has 3 rings (SSSR count). The van der Waals surface area contributed by atoms with E-state index in [0.29, 0.717) is 25.2 Å². The molecule has 9 nitrogen and oxygen atoms in total. The molecule has 0 saturated carbocycles. The van der Waals surface area contributed by atoms with Crippen molar-refractivity contribution in [3.8, 4) is 11.5 Å². The summed E-state index contributed by atoms with van der Waals surface area (Å²) >= 11 is 6.28. The number of esters is 1. The molecule has 1 aromatic rings. The number of hydrogen-bond donors (Lipinski definition) is 3. The largest absolute Gasteiger partial charge is 0.507 e. The van der Waals surface area contributed by atoms with Crippen LogP contribution in [0.5, 0.6) is 11.5 Å². The van der Waals surface area contributed by atoms with Crippen LogP contribution >= 0.6 is 11.6 Å². The lowest BCUT2D eigenvalue weighted by Crippen LogP contribution is -2.47. The van der Waals surface area contributed by atoms with Crippen LogP contribution in [0.15, 0.2) is 35.5 Å². The fraction of sp³-hybridized carbons (Fsp3) is 0.435. The van der Waals surface area contributed by atoms with Crippen LogP contribution in [0.3, 0.4) is 0 Å². The van der Waals surface area contributed by atoms with Gasteiger partial charge in [-0.25, -0.2) is 4.79 Å². The van der Waals surface area contributed by atoms with Crippen LogP contribution in [0.1, 0.15) is 35.2 Å². The van der Waals surface area contributed by atoms with Gasteiger partial charge in [-0.2, -0.15) is 0 Å². The molecule has 0 aliphatic carbocycles. The summed E-state index contributed by atoms with van der Waals surface area (Å²) in [6.07, 6.45) is 9.55. The fourth-order valence-electron chi connectivity index (χ4n) is 3.50. The van der Waals surface area contributed by atoms with Crippen LogP contribution in [0.25, 0.3) is 0 Å². The fourth-order valence-corrected chi connectivity index (χ4v) is 3.71. The Balaban J connectivity index is 1.86. The number of allylic oxidation sites excluding steroid dienone is 3. The van der Waals surface area contributed by atoms with E-state index in [9.17, 15) is 19.8 Å². The van der Waals surface area contributed by atoms with Crippen LogP contribution in [0, 0.1) is 0 Å². The van der Waals surface area contributed by atoms with Gasteiger partial charge < -0.3 is 30.0 Å². The summed E-state index contributed by atoms with van der Waals surface area (Å²) in [6, 6.07) is 1.00. The van der Waals surface area contributed by atoms with Gasteiger partial charge in [0.1, 0.15) is 17.1 Å². The molecule has 10 heteroatoms. The molecule has 1 amide bonds. The summed E-state index contributed by atoms with van der Waals surface area (Å²) in [5.74, 6) is -1.75. The number of phenols is 2. The summed E-state index contributed by atoms with van der Waals surface area (Å²) in [5.41, 5.74) is 0.383. The molecule has 3 N–H and O–H groups in total. The number of nitrogens with one attached hydrogen (secondary N) is 1. The molecule has 0 spiro atoms. The van der Waals surface area contributed by atoms with Gasteiger partial charge in [-0.3, -0.25) is 4.79 Å². The third kappa shape index (κ3) is 6.97. The lowest BCUT2D eigenvalue weighted by molar-refractivity contribution is -0.136. The van der Waals surface area contributed by atoms with Crippen molar-refractivity contribution in [2.45, 2.75) is 25.7 Å². The molecule has 0 aromatic heterocycles. The maximum Gasteiger partial charge on any atom is 0.342 e. The average Bonchev–Trinajstić information content (AvgIpc) is 2.80. The normalized spacial score (nSPS) is 20.9. The van der Waals surface area contributed by atoms with Gasteiger partial charge >= 0.3 is 5.97 Å². The van der Waals surface area contributed by atoms with E-state index >= 15 is 0 Å². The molecule has 178 valence electrons. The minimum atomic E-state index is -0.756. The van der Waals surface area contributed by atoms with Crippen LogP contribution in [0.4, 0.5) is 0 Å². The lowest BCUT2D eigenvalue weighted by atomic mass is 9.99. The lowest BCUT2D eigenvalue weighted by Gasteiger charge is -2.26. The zero-order chi connectivity index (χ0) is 23.6. The van der Waals surface area contributed by atoms with Crippen molar-refractivity contribution in [3.05, 3.63) is 46.5 Å². The summed E-state index contributed by atoms with van der Waals surface area (Å²) < 4.78 is 5.27. The zero-order valence-electron chi connectivity index (χ0n) is 18.3. The quantitative estimate of drug-likeness (QED) is 0.347. The number of ether oxygens (including phenoxy) is 1. The molecule has 2 aliphatic heterocycles. The maximum atomic E-state index is 12.7. The number of fused-ring (bicyclic) bond motifs is 1. The summed E-state index contributed by atoms with van der Waals surface area (Å²) in [5, 5.41) is 27.6. The van der Waals surface area contributed by atoms with Crippen molar-refractivity contribution in [2.24, 2.45) is 5.16 Å². The Morgan fingerprint density at radius 2 is 1.88 bits per heavy atom. The number of aromatic hydroxyl groups is 2. The van der Waals surface area contributed by atoms with E-state index in [1.807, 2.05) is 18.2 Å². The number of phenolic OH excluding ortho intramolecular Hbond substituents is 2. The molecule has 2 heterocycles. The summed E-state index contributed by atoms with van der Waals surface area (Å²) in [6.45, 7) is 2.59. The first-order valence-corrected chi connectivity index (χ1v) is 11.2. The van der Waals surface area contributed by atoms with Crippen molar-refractivity contribution in [3.63, 3.8) is 0 Å². The Kier molecular flexibility index (Phi) is 9.14. The van der Waals surface area contributed by atoms with Crippen molar-refractivity contribution < 1.29 is 29.4 Å². The minimum Gasteiger partial charge on any atom is -0.507 e. The Morgan fingerprint density at radius 1 is 1.15 bits per heavy atom. The molecule has 0 atom stereocenters. The first-order valence-electron chi connectivity index (χ1n) is 10.9. The standard InChI is InChI=1S/C23H28ClN3O6/c24-22-17-13-16(26-33-15-20(30)27-10-8-25-9-11-27)7-5-3-1-2-4-6-12-32-23(31)21(17)18(28)14-19(22)29/h2,4-5,7,14,25,28-29H,1,3,6,8-13,15H2/b4-2+,7-5+,26-16?. The van der Waals surface area contributed by atoms with E-state index in [-0.39, 0.29) is 47.4 Å². The monoisotopic (exact) mass is 477 g/mol. The van der Waals surface area contributed by atoms with E-state index in [1.165, 1.54) is 0 Å². The SMILES string of the molecule is O=C1OCC/C=C/CC/C=C/C(=NOCC(=O)N2CCNCC2)Cc2c(Cl)c(O)cc(O)c21. The van der Waals surface area contributed by atoms with Gasteiger partial charge in [0.2, 0.25) is 0 Å². The Morgan fingerprint density at radius 3 is 2.67 bits per heavy atom. The first-order chi connectivity index (χ1) is 16.0. The zero-order valence-corrected chi connectivity index (χ0v) is 19.0. The Hall–Kier alpha value is -3.04. The molecule has 2 aliphatic rings. The number of piperazine rings is 1. The van der Waals surface area contributed by atoms with Crippen molar-refractivity contribution in [1.82, 2.24) is 10.2 Å². The van der Waals surface area contributed by atoms with Crippen molar-refractivity contribution >= 4 is 29.2 Å². The third-order valence-corrected chi connectivity index (χ3v) is 5.64. The van der Waals surface area contributed by atoms with Gasteiger partial charge in [0.05, 0.1) is 17.3 Å². The van der Waals surface area contributed by atoms with E-state index in [0.717, 1.165) is 32.0 Å².